The smallest absolute Gasteiger partial charge is 0.308 e. The first-order chi connectivity index (χ1) is 7.54. The summed E-state index contributed by atoms with van der Waals surface area (Å²) in [5.41, 5.74) is 1.46. The van der Waals surface area contributed by atoms with Crippen molar-refractivity contribution in [3.63, 3.8) is 0 Å². The predicted molar refractivity (Wildman–Crippen MR) is 61.7 cm³/mol. The Hall–Kier alpha value is -1.90. The Labute approximate surface area is 94.7 Å². The van der Waals surface area contributed by atoms with E-state index in [0.717, 1.165) is 5.56 Å². The molecular formula is C13H14O3. The van der Waals surface area contributed by atoms with E-state index in [9.17, 15) is 9.59 Å². The van der Waals surface area contributed by atoms with E-state index in [0.29, 0.717) is 17.7 Å². The lowest BCUT2D eigenvalue weighted by Crippen LogP contribution is -2.04. The maximum Gasteiger partial charge on any atom is 0.308 e. The zero-order valence-electron chi connectivity index (χ0n) is 9.45. The summed E-state index contributed by atoms with van der Waals surface area (Å²) in [6.45, 7) is 6.44. The van der Waals surface area contributed by atoms with Crippen molar-refractivity contribution >= 4 is 11.8 Å². The minimum atomic E-state index is -0.397. The molecule has 0 aromatic heterocycles. The summed E-state index contributed by atoms with van der Waals surface area (Å²) in [6.07, 6.45) is 2.35. The molecule has 0 atom stereocenters. The molecule has 3 heteroatoms. The number of carbonyl (C=O) groups excluding carboxylic acids is 2. The molecule has 3 nitrogen and oxygen atoms in total. The van der Waals surface area contributed by atoms with Crippen molar-refractivity contribution in [2.45, 2.75) is 20.3 Å². The Morgan fingerprint density at radius 2 is 2.06 bits per heavy atom. The molecule has 0 saturated heterocycles. The molecule has 0 aliphatic heterocycles. The summed E-state index contributed by atoms with van der Waals surface area (Å²) >= 11 is 0. The zero-order chi connectivity index (χ0) is 12.1. The molecule has 0 radical (unpaired) electrons. The van der Waals surface area contributed by atoms with Crippen molar-refractivity contribution in [2.24, 2.45) is 0 Å². The number of benzene rings is 1. The second kappa shape index (κ2) is 5.26. The maximum absolute atomic E-state index is 11.4. The van der Waals surface area contributed by atoms with Crippen LogP contribution in [0, 0.1) is 0 Å². The molecule has 0 fully saturated rings. The minimum Gasteiger partial charge on any atom is -0.427 e. The summed E-state index contributed by atoms with van der Waals surface area (Å²) in [5.74, 6) is -0.0534. The van der Waals surface area contributed by atoms with E-state index < -0.39 is 5.97 Å². The van der Waals surface area contributed by atoms with E-state index >= 15 is 0 Å². The fourth-order valence-corrected chi connectivity index (χ4v) is 1.45. The van der Waals surface area contributed by atoms with Gasteiger partial charge in [0.25, 0.3) is 0 Å². The number of Topliss-reactive ketones (excluding diaryl/α,β-unsaturated/α-hetero) is 1. The first-order valence-electron chi connectivity index (χ1n) is 4.97. The van der Waals surface area contributed by atoms with Gasteiger partial charge < -0.3 is 4.74 Å². The predicted octanol–water partition coefficient (Wildman–Crippen LogP) is 2.54. The highest BCUT2D eigenvalue weighted by molar-refractivity contribution is 5.96. The number of rotatable bonds is 4. The fourth-order valence-electron chi connectivity index (χ4n) is 1.45. The van der Waals surface area contributed by atoms with Gasteiger partial charge in [0, 0.05) is 12.5 Å². The Bertz CT molecular complexity index is 433. The molecular weight excluding hydrogens is 204 g/mol. The summed E-state index contributed by atoms with van der Waals surface area (Å²) in [4.78, 5) is 22.2. The quantitative estimate of drug-likeness (QED) is 0.337. The largest absolute Gasteiger partial charge is 0.427 e. The van der Waals surface area contributed by atoms with Crippen molar-refractivity contribution in [1.29, 1.82) is 0 Å². The van der Waals surface area contributed by atoms with Crippen LogP contribution in [0.15, 0.2) is 30.9 Å². The average Bonchev–Trinajstić information content (AvgIpc) is 2.19. The lowest BCUT2D eigenvalue weighted by atomic mass is 10.0. The fraction of sp³-hybridized carbons (Fsp3) is 0.231. The van der Waals surface area contributed by atoms with Crippen molar-refractivity contribution in [3.8, 4) is 5.75 Å². The van der Waals surface area contributed by atoms with Gasteiger partial charge in [0.05, 0.1) is 0 Å². The van der Waals surface area contributed by atoms with Gasteiger partial charge in [-0.25, -0.2) is 0 Å². The van der Waals surface area contributed by atoms with Crippen LogP contribution in [-0.2, 0) is 11.2 Å². The number of hydrogen-bond donors (Lipinski definition) is 0. The zero-order valence-corrected chi connectivity index (χ0v) is 9.45. The molecule has 1 rings (SSSR count). The van der Waals surface area contributed by atoms with Crippen LogP contribution in [0.25, 0.3) is 0 Å². The number of ether oxygens (including phenoxy) is 1. The number of hydrogen-bond acceptors (Lipinski definition) is 3. The van der Waals surface area contributed by atoms with E-state index in [1.165, 1.54) is 13.8 Å². The highest BCUT2D eigenvalue weighted by Gasteiger charge is 2.08. The minimum absolute atomic E-state index is 0.0501. The average molecular weight is 218 g/mol. The molecule has 0 N–H and O–H groups in total. The van der Waals surface area contributed by atoms with Gasteiger partial charge >= 0.3 is 5.97 Å². The summed E-state index contributed by atoms with van der Waals surface area (Å²) in [6, 6.07) is 5.03. The lowest BCUT2D eigenvalue weighted by molar-refractivity contribution is -0.131. The third-order valence-electron chi connectivity index (χ3n) is 2.09. The summed E-state index contributed by atoms with van der Waals surface area (Å²) < 4.78 is 4.92. The summed E-state index contributed by atoms with van der Waals surface area (Å²) in [5, 5.41) is 0. The van der Waals surface area contributed by atoms with E-state index in [1.807, 2.05) is 0 Å². The topological polar surface area (TPSA) is 43.4 Å². The highest BCUT2D eigenvalue weighted by Crippen LogP contribution is 2.19. The van der Waals surface area contributed by atoms with Crippen LogP contribution in [-0.4, -0.2) is 11.8 Å². The normalized spacial score (nSPS) is 9.62. The van der Waals surface area contributed by atoms with Crippen LogP contribution in [0.5, 0.6) is 5.75 Å². The van der Waals surface area contributed by atoms with Crippen molar-refractivity contribution < 1.29 is 14.3 Å². The van der Waals surface area contributed by atoms with Crippen LogP contribution >= 0.6 is 0 Å². The molecule has 0 saturated carbocycles. The van der Waals surface area contributed by atoms with E-state index in [1.54, 1.807) is 24.3 Å². The van der Waals surface area contributed by atoms with Gasteiger partial charge in [-0.2, -0.15) is 0 Å². The third-order valence-corrected chi connectivity index (χ3v) is 2.09. The van der Waals surface area contributed by atoms with Gasteiger partial charge in [0.2, 0.25) is 0 Å². The standard InChI is InChI=1S/C13H14O3/c1-4-5-11-6-7-12(16-10(3)15)8-13(11)9(2)14/h4,6-8H,1,5H2,2-3H3. The van der Waals surface area contributed by atoms with E-state index in [4.69, 9.17) is 4.74 Å². The van der Waals surface area contributed by atoms with Crippen LogP contribution in [0.3, 0.4) is 0 Å². The Kier molecular flexibility index (Phi) is 4.00. The Morgan fingerprint density at radius 1 is 1.38 bits per heavy atom. The maximum atomic E-state index is 11.4. The second-order valence-corrected chi connectivity index (χ2v) is 3.46. The molecule has 0 bridgehead atoms. The highest BCUT2D eigenvalue weighted by atomic mass is 16.5. The van der Waals surface area contributed by atoms with Gasteiger partial charge in [0.1, 0.15) is 5.75 Å². The van der Waals surface area contributed by atoms with Crippen LogP contribution < -0.4 is 4.74 Å². The Morgan fingerprint density at radius 3 is 2.56 bits per heavy atom. The van der Waals surface area contributed by atoms with Crippen LogP contribution in [0.1, 0.15) is 29.8 Å². The number of carbonyl (C=O) groups is 2. The molecule has 1 aromatic rings. The summed E-state index contributed by atoms with van der Waals surface area (Å²) in [7, 11) is 0. The molecule has 0 heterocycles. The van der Waals surface area contributed by atoms with Crippen LogP contribution in [0.4, 0.5) is 0 Å². The molecule has 0 aliphatic rings. The van der Waals surface area contributed by atoms with Crippen molar-refractivity contribution in [1.82, 2.24) is 0 Å². The number of esters is 1. The second-order valence-electron chi connectivity index (χ2n) is 3.46. The number of ketones is 1. The van der Waals surface area contributed by atoms with E-state index in [2.05, 4.69) is 6.58 Å². The van der Waals surface area contributed by atoms with Gasteiger partial charge in [0.15, 0.2) is 5.78 Å². The molecule has 84 valence electrons. The molecule has 0 aliphatic carbocycles. The monoisotopic (exact) mass is 218 g/mol. The van der Waals surface area contributed by atoms with Gasteiger partial charge in [-0.1, -0.05) is 12.1 Å². The van der Waals surface area contributed by atoms with Crippen molar-refractivity contribution in [2.75, 3.05) is 0 Å². The molecule has 0 spiro atoms. The van der Waals surface area contributed by atoms with Gasteiger partial charge in [-0.05, 0) is 31.0 Å². The number of allylic oxidation sites excluding steroid dienone is 1. The molecule has 1 aromatic carbocycles. The third kappa shape index (κ3) is 3.05. The molecule has 0 unspecified atom stereocenters. The van der Waals surface area contributed by atoms with Gasteiger partial charge in [-0.3, -0.25) is 9.59 Å². The molecule has 0 amide bonds. The first kappa shape index (κ1) is 12.2. The van der Waals surface area contributed by atoms with Crippen molar-refractivity contribution in [3.05, 3.63) is 42.0 Å². The first-order valence-corrected chi connectivity index (χ1v) is 4.97. The molecule has 16 heavy (non-hydrogen) atoms. The lowest BCUT2D eigenvalue weighted by Gasteiger charge is -2.07. The van der Waals surface area contributed by atoms with Crippen LogP contribution in [0.2, 0.25) is 0 Å². The Balaban J connectivity index is 3.11. The van der Waals surface area contributed by atoms with E-state index in [-0.39, 0.29) is 5.78 Å². The van der Waals surface area contributed by atoms with Gasteiger partial charge in [-0.15, -0.1) is 6.58 Å². The SMILES string of the molecule is C=CCc1ccc(OC(C)=O)cc1C(C)=O.